The number of alkyl halides is 2. The minimum absolute atomic E-state index is 0.526. The number of nitriles is 1. The van der Waals surface area contributed by atoms with E-state index in [1.54, 1.807) is 0 Å². The Labute approximate surface area is 98.6 Å². The highest BCUT2D eigenvalue weighted by Gasteiger charge is 2.25. The predicted molar refractivity (Wildman–Crippen MR) is 50.3 cm³/mol. The molecule has 1 aromatic carbocycles. The van der Waals surface area contributed by atoms with Gasteiger partial charge in [-0.2, -0.15) is 14.0 Å². The molecule has 1 unspecified atom stereocenters. The van der Waals surface area contributed by atoms with Gasteiger partial charge in [-0.3, -0.25) is 0 Å². The first-order valence-electron chi connectivity index (χ1n) is 4.46. The van der Waals surface area contributed by atoms with E-state index in [9.17, 15) is 23.1 Å². The summed E-state index contributed by atoms with van der Waals surface area (Å²) in [6, 6.07) is 2.76. The van der Waals surface area contributed by atoms with Crippen molar-refractivity contribution >= 4 is 5.97 Å². The van der Waals surface area contributed by atoms with Gasteiger partial charge in [0, 0.05) is 5.56 Å². The van der Waals surface area contributed by atoms with Crippen molar-refractivity contribution in [2.24, 2.45) is 0 Å². The van der Waals surface area contributed by atoms with Crippen LogP contribution in [0.1, 0.15) is 17.2 Å². The lowest BCUT2D eigenvalue weighted by Crippen LogP contribution is -2.14. The minimum atomic E-state index is -3.39. The van der Waals surface area contributed by atoms with Crippen molar-refractivity contribution in [3.8, 4) is 11.8 Å². The summed E-state index contributed by atoms with van der Waals surface area (Å²) in [7, 11) is 0. The third-order valence-corrected chi connectivity index (χ3v) is 1.99. The first-order valence-corrected chi connectivity index (χ1v) is 4.46. The largest absolute Gasteiger partial charge is 0.479 e. The van der Waals surface area contributed by atoms with Crippen LogP contribution in [0.4, 0.5) is 13.2 Å². The van der Waals surface area contributed by atoms with Gasteiger partial charge in [-0.05, 0) is 6.07 Å². The summed E-state index contributed by atoms with van der Waals surface area (Å²) < 4.78 is 41.1. The van der Waals surface area contributed by atoms with Crippen molar-refractivity contribution in [3.63, 3.8) is 0 Å². The number of aliphatic hydroxyl groups excluding tert-OH is 1. The number of halogens is 3. The average molecular weight is 261 g/mol. The topological polar surface area (TPSA) is 90.5 Å². The van der Waals surface area contributed by atoms with Gasteiger partial charge in [0.25, 0.3) is 0 Å². The van der Waals surface area contributed by atoms with Gasteiger partial charge in [0.2, 0.25) is 0 Å². The Balaban J connectivity index is 3.39. The van der Waals surface area contributed by atoms with Gasteiger partial charge in [-0.25, -0.2) is 9.18 Å². The van der Waals surface area contributed by atoms with Gasteiger partial charge in [0.05, 0.1) is 0 Å². The van der Waals surface area contributed by atoms with E-state index in [0.29, 0.717) is 6.07 Å². The smallest absolute Gasteiger partial charge is 0.387 e. The molecule has 0 bridgehead atoms. The van der Waals surface area contributed by atoms with Crippen molar-refractivity contribution in [1.29, 1.82) is 5.26 Å². The lowest BCUT2D eigenvalue weighted by atomic mass is 10.0. The maximum Gasteiger partial charge on any atom is 0.387 e. The summed E-state index contributed by atoms with van der Waals surface area (Å²) in [6.07, 6.45) is -2.14. The third kappa shape index (κ3) is 2.70. The van der Waals surface area contributed by atoms with Crippen molar-refractivity contribution < 1.29 is 32.9 Å². The monoisotopic (exact) mass is 261 g/mol. The molecule has 2 N–H and O–H groups in total. The molecule has 18 heavy (non-hydrogen) atoms. The minimum Gasteiger partial charge on any atom is -0.479 e. The van der Waals surface area contributed by atoms with Crippen molar-refractivity contribution in [1.82, 2.24) is 0 Å². The van der Waals surface area contributed by atoms with E-state index in [0.717, 1.165) is 6.07 Å². The Morgan fingerprint density at radius 1 is 1.44 bits per heavy atom. The molecule has 96 valence electrons. The first-order chi connectivity index (χ1) is 8.38. The molecule has 1 aromatic rings. The SMILES string of the molecule is N#Cc1c(C(O)C(=O)O)ccc(F)c1OC(F)F. The quantitative estimate of drug-likeness (QED) is 0.855. The lowest BCUT2D eigenvalue weighted by molar-refractivity contribution is -0.146. The lowest BCUT2D eigenvalue weighted by Gasteiger charge is -2.13. The summed E-state index contributed by atoms with van der Waals surface area (Å²) in [5, 5.41) is 26.5. The van der Waals surface area contributed by atoms with Crippen LogP contribution in [0.2, 0.25) is 0 Å². The Hall–Kier alpha value is -2.27. The van der Waals surface area contributed by atoms with E-state index < -0.39 is 41.4 Å². The summed E-state index contributed by atoms with van der Waals surface area (Å²) in [4.78, 5) is 10.5. The Morgan fingerprint density at radius 2 is 2.06 bits per heavy atom. The molecule has 0 aliphatic carbocycles. The molecule has 0 aliphatic heterocycles. The molecule has 0 spiro atoms. The second kappa shape index (κ2) is 5.37. The highest BCUT2D eigenvalue weighted by molar-refractivity contribution is 5.75. The molecule has 0 amide bonds. The zero-order chi connectivity index (χ0) is 13.9. The highest BCUT2D eigenvalue weighted by Crippen LogP contribution is 2.30. The van der Waals surface area contributed by atoms with Crippen LogP contribution in [0.5, 0.6) is 5.75 Å². The molecular weight excluding hydrogens is 255 g/mol. The molecule has 0 aliphatic rings. The van der Waals surface area contributed by atoms with E-state index in [-0.39, 0.29) is 0 Å². The number of rotatable bonds is 4. The maximum atomic E-state index is 13.2. The summed E-state index contributed by atoms with van der Waals surface area (Å²) >= 11 is 0. The van der Waals surface area contributed by atoms with Crippen LogP contribution in [0.3, 0.4) is 0 Å². The van der Waals surface area contributed by atoms with Crippen LogP contribution in [0, 0.1) is 17.1 Å². The summed E-state index contributed by atoms with van der Waals surface area (Å²) in [5.41, 5.74) is -1.31. The number of carbonyl (C=O) groups is 1. The molecule has 0 saturated carbocycles. The first kappa shape index (κ1) is 13.8. The van der Waals surface area contributed by atoms with Crippen LogP contribution >= 0.6 is 0 Å². The fourth-order valence-electron chi connectivity index (χ4n) is 1.25. The van der Waals surface area contributed by atoms with Crippen molar-refractivity contribution in [2.75, 3.05) is 0 Å². The second-order valence-electron chi connectivity index (χ2n) is 3.07. The van der Waals surface area contributed by atoms with Gasteiger partial charge in [-0.15, -0.1) is 0 Å². The molecule has 0 saturated heterocycles. The number of ether oxygens (including phenoxy) is 1. The molecule has 5 nitrogen and oxygen atoms in total. The highest BCUT2D eigenvalue weighted by atomic mass is 19.3. The molecule has 0 aromatic heterocycles. The van der Waals surface area contributed by atoms with E-state index in [1.807, 2.05) is 0 Å². The van der Waals surface area contributed by atoms with Crippen molar-refractivity contribution in [3.05, 3.63) is 29.1 Å². The second-order valence-corrected chi connectivity index (χ2v) is 3.07. The fourth-order valence-corrected chi connectivity index (χ4v) is 1.25. The van der Waals surface area contributed by atoms with Gasteiger partial charge in [-0.1, -0.05) is 6.07 Å². The van der Waals surface area contributed by atoms with Crippen LogP contribution < -0.4 is 4.74 Å². The molecule has 0 radical (unpaired) electrons. The number of benzene rings is 1. The molecular formula is C10H6F3NO4. The Morgan fingerprint density at radius 3 is 2.50 bits per heavy atom. The van der Waals surface area contributed by atoms with Gasteiger partial charge in [0.15, 0.2) is 17.7 Å². The number of carboxylic acids is 1. The van der Waals surface area contributed by atoms with Crippen LogP contribution in [-0.2, 0) is 4.79 Å². The molecule has 1 rings (SSSR count). The number of carboxylic acid groups (broad SMARTS) is 1. The maximum absolute atomic E-state index is 13.2. The number of hydrogen-bond donors (Lipinski definition) is 2. The van der Waals surface area contributed by atoms with E-state index in [2.05, 4.69) is 4.74 Å². The molecule has 0 fully saturated rings. The number of nitrogens with zero attached hydrogens (tertiary/aromatic N) is 1. The van der Waals surface area contributed by atoms with Crippen LogP contribution in [-0.4, -0.2) is 22.8 Å². The Bertz CT molecular complexity index is 513. The van der Waals surface area contributed by atoms with Gasteiger partial charge < -0.3 is 14.9 Å². The van der Waals surface area contributed by atoms with Gasteiger partial charge in [0.1, 0.15) is 11.6 Å². The average Bonchev–Trinajstić information content (AvgIpc) is 2.30. The summed E-state index contributed by atoms with van der Waals surface area (Å²) in [6.45, 7) is -3.39. The van der Waals surface area contributed by atoms with E-state index >= 15 is 0 Å². The third-order valence-electron chi connectivity index (χ3n) is 1.99. The normalized spacial score (nSPS) is 12.0. The fraction of sp³-hybridized carbons (Fsp3) is 0.200. The molecule has 8 heteroatoms. The van der Waals surface area contributed by atoms with E-state index in [1.165, 1.54) is 6.07 Å². The Kier molecular flexibility index (Phi) is 4.12. The van der Waals surface area contributed by atoms with Crippen LogP contribution in [0.25, 0.3) is 0 Å². The summed E-state index contributed by atoms with van der Waals surface area (Å²) in [5.74, 6) is -4.06. The molecule has 1 atom stereocenters. The predicted octanol–water partition coefficient (Wildman–Crippen LogP) is 1.42. The zero-order valence-corrected chi connectivity index (χ0v) is 8.60. The standard InChI is InChI=1S/C10H6F3NO4/c11-6-2-1-4(7(15)9(16)17)5(3-14)8(6)18-10(12)13/h1-2,7,10,15H,(H,16,17). The van der Waals surface area contributed by atoms with Crippen LogP contribution in [0.15, 0.2) is 12.1 Å². The number of aliphatic carboxylic acids is 1. The zero-order valence-electron chi connectivity index (χ0n) is 8.60. The number of aliphatic hydroxyl groups is 1. The molecule has 0 heterocycles. The van der Waals surface area contributed by atoms with Gasteiger partial charge >= 0.3 is 12.6 Å². The number of hydrogen-bond acceptors (Lipinski definition) is 4. The van der Waals surface area contributed by atoms with E-state index in [4.69, 9.17) is 10.4 Å². The van der Waals surface area contributed by atoms with Crippen molar-refractivity contribution in [2.45, 2.75) is 12.7 Å².